The van der Waals surface area contributed by atoms with Crippen molar-refractivity contribution < 1.29 is 4.79 Å². The molecule has 0 aromatic carbocycles. The Kier molecular flexibility index (Phi) is 4.55. The van der Waals surface area contributed by atoms with Crippen molar-refractivity contribution in [2.24, 2.45) is 5.73 Å². The van der Waals surface area contributed by atoms with Gasteiger partial charge < -0.3 is 15.6 Å². The fraction of sp³-hybridized carbons (Fsp3) is 0.455. The van der Waals surface area contributed by atoms with Gasteiger partial charge in [0.1, 0.15) is 6.54 Å². The number of hydrogen-bond acceptors (Lipinski definition) is 3. The lowest BCUT2D eigenvalue weighted by Crippen LogP contribution is -2.29. The molecular weight excluding hydrogens is 204 g/mol. The molecule has 0 bridgehead atoms. The third-order valence-corrected chi connectivity index (χ3v) is 2.20. The van der Waals surface area contributed by atoms with Gasteiger partial charge in [0.2, 0.25) is 5.91 Å². The van der Waals surface area contributed by atoms with Gasteiger partial charge >= 0.3 is 0 Å². The van der Waals surface area contributed by atoms with Crippen molar-refractivity contribution in [2.75, 3.05) is 6.54 Å². The molecule has 16 heavy (non-hydrogen) atoms. The van der Waals surface area contributed by atoms with Gasteiger partial charge in [0.25, 0.3) is 0 Å². The second kappa shape index (κ2) is 5.93. The summed E-state index contributed by atoms with van der Waals surface area (Å²) in [4.78, 5) is 11.5. The number of carbonyl (C=O) groups is 1. The van der Waals surface area contributed by atoms with Crippen molar-refractivity contribution in [1.29, 1.82) is 5.26 Å². The fourth-order valence-electron chi connectivity index (χ4n) is 1.45. The van der Waals surface area contributed by atoms with Crippen molar-refractivity contribution in [3.05, 3.63) is 24.0 Å². The average Bonchev–Trinajstić information content (AvgIpc) is 2.66. The van der Waals surface area contributed by atoms with E-state index in [9.17, 15) is 4.79 Å². The molecule has 0 aliphatic rings. The molecule has 1 aromatic rings. The van der Waals surface area contributed by atoms with Gasteiger partial charge in [-0.3, -0.25) is 4.79 Å². The number of hydrogen-bond donors (Lipinski definition) is 2. The molecule has 0 spiro atoms. The predicted octanol–water partition coefficient (Wildman–Crippen LogP) is 0.538. The Labute approximate surface area is 94.8 Å². The van der Waals surface area contributed by atoms with Crippen molar-refractivity contribution in [1.82, 2.24) is 9.88 Å². The SMILES string of the molecule is CC(N)c1cccn1CC(=O)NCCC#N. The first-order valence-corrected chi connectivity index (χ1v) is 5.19. The highest BCUT2D eigenvalue weighted by Crippen LogP contribution is 2.10. The second-order valence-electron chi connectivity index (χ2n) is 3.61. The van der Waals surface area contributed by atoms with Crippen molar-refractivity contribution in [3.8, 4) is 6.07 Å². The largest absolute Gasteiger partial charge is 0.354 e. The molecule has 5 heteroatoms. The van der Waals surface area contributed by atoms with Crippen LogP contribution in [0.1, 0.15) is 25.1 Å². The Morgan fingerprint density at radius 1 is 1.75 bits per heavy atom. The summed E-state index contributed by atoms with van der Waals surface area (Å²) in [6, 6.07) is 5.63. The van der Waals surface area contributed by atoms with Crippen LogP contribution < -0.4 is 11.1 Å². The van der Waals surface area contributed by atoms with Crippen molar-refractivity contribution in [3.63, 3.8) is 0 Å². The number of nitrogens with one attached hydrogen (secondary N) is 1. The van der Waals surface area contributed by atoms with Crippen LogP contribution in [0.25, 0.3) is 0 Å². The van der Waals surface area contributed by atoms with Gasteiger partial charge in [-0.25, -0.2) is 0 Å². The van der Waals surface area contributed by atoms with Gasteiger partial charge in [-0.15, -0.1) is 0 Å². The summed E-state index contributed by atoms with van der Waals surface area (Å²) in [7, 11) is 0. The van der Waals surface area contributed by atoms with E-state index >= 15 is 0 Å². The molecule has 1 atom stereocenters. The van der Waals surface area contributed by atoms with Gasteiger partial charge in [-0.05, 0) is 19.1 Å². The Morgan fingerprint density at radius 3 is 3.12 bits per heavy atom. The van der Waals surface area contributed by atoms with Crippen molar-refractivity contribution >= 4 is 5.91 Å². The van der Waals surface area contributed by atoms with E-state index in [1.165, 1.54) is 0 Å². The third-order valence-electron chi connectivity index (χ3n) is 2.20. The first-order valence-electron chi connectivity index (χ1n) is 5.19. The predicted molar refractivity (Wildman–Crippen MR) is 60.3 cm³/mol. The highest BCUT2D eigenvalue weighted by Gasteiger charge is 2.08. The zero-order valence-corrected chi connectivity index (χ0v) is 9.31. The summed E-state index contributed by atoms with van der Waals surface area (Å²) in [5.41, 5.74) is 6.69. The Hall–Kier alpha value is -1.80. The fourth-order valence-corrected chi connectivity index (χ4v) is 1.45. The summed E-state index contributed by atoms with van der Waals surface area (Å²) >= 11 is 0. The van der Waals surface area contributed by atoms with E-state index in [0.717, 1.165) is 5.69 Å². The maximum Gasteiger partial charge on any atom is 0.239 e. The minimum Gasteiger partial charge on any atom is -0.354 e. The van der Waals surface area contributed by atoms with Gasteiger partial charge in [0.15, 0.2) is 0 Å². The first-order chi connectivity index (χ1) is 7.65. The molecule has 0 saturated carbocycles. The maximum absolute atomic E-state index is 11.5. The van der Waals surface area contributed by atoms with Crippen LogP contribution >= 0.6 is 0 Å². The molecular formula is C11H16N4O. The summed E-state index contributed by atoms with van der Waals surface area (Å²) in [5.74, 6) is -0.103. The zero-order chi connectivity index (χ0) is 12.0. The van der Waals surface area contributed by atoms with Crippen LogP contribution in [0.4, 0.5) is 0 Å². The average molecular weight is 220 g/mol. The number of amides is 1. The molecule has 3 N–H and O–H groups in total. The lowest BCUT2D eigenvalue weighted by Gasteiger charge is -2.11. The highest BCUT2D eigenvalue weighted by atomic mass is 16.1. The van der Waals surface area contributed by atoms with Crippen LogP contribution in [0, 0.1) is 11.3 Å². The monoisotopic (exact) mass is 220 g/mol. The number of nitrogens with zero attached hydrogens (tertiary/aromatic N) is 2. The number of rotatable bonds is 5. The maximum atomic E-state index is 11.5. The smallest absolute Gasteiger partial charge is 0.239 e. The van der Waals surface area contributed by atoms with E-state index in [0.29, 0.717) is 13.0 Å². The van der Waals surface area contributed by atoms with Crippen LogP contribution in [0.2, 0.25) is 0 Å². The topological polar surface area (TPSA) is 83.8 Å². The van der Waals surface area contributed by atoms with E-state index < -0.39 is 0 Å². The number of nitrogens with two attached hydrogens (primary N) is 1. The van der Waals surface area contributed by atoms with E-state index in [-0.39, 0.29) is 18.5 Å². The Balaban J connectivity index is 2.50. The lowest BCUT2D eigenvalue weighted by atomic mass is 10.2. The molecule has 86 valence electrons. The van der Waals surface area contributed by atoms with Gasteiger partial charge in [-0.2, -0.15) is 5.26 Å². The van der Waals surface area contributed by atoms with E-state index in [4.69, 9.17) is 11.0 Å². The molecule has 0 radical (unpaired) electrons. The molecule has 5 nitrogen and oxygen atoms in total. The van der Waals surface area contributed by atoms with Crippen molar-refractivity contribution in [2.45, 2.75) is 25.9 Å². The molecule has 1 rings (SSSR count). The summed E-state index contributed by atoms with van der Waals surface area (Å²) in [5, 5.41) is 11.0. The third kappa shape index (κ3) is 3.41. The minimum atomic E-state index is -0.103. The van der Waals surface area contributed by atoms with Crippen LogP contribution in [0.5, 0.6) is 0 Å². The quantitative estimate of drug-likeness (QED) is 0.710. The summed E-state index contributed by atoms with van der Waals surface area (Å²) in [6.07, 6.45) is 2.15. The van der Waals surface area contributed by atoms with E-state index in [1.807, 2.05) is 35.9 Å². The molecule has 0 aliphatic heterocycles. The summed E-state index contributed by atoms with van der Waals surface area (Å²) in [6.45, 7) is 2.51. The van der Waals surface area contributed by atoms with Crippen LogP contribution in [-0.4, -0.2) is 17.0 Å². The van der Waals surface area contributed by atoms with E-state index in [2.05, 4.69) is 5.32 Å². The molecule has 0 aliphatic carbocycles. The van der Waals surface area contributed by atoms with E-state index in [1.54, 1.807) is 0 Å². The minimum absolute atomic E-state index is 0.0955. The first kappa shape index (κ1) is 12.3. The lowest BCUT2D eigenvalue weighted by molar-refractivity contribution is -0.121. The molecule has 1 heterocycles. The normalized spacial score (nSPS) is 11.8. The van der Waals surface area contributed by atoms with Crippen LogP contribution in [0.15, 0.2) is 18.3 Å². The second-order valence-corrected chi connectivity index (χ2v) is 3.61. The molecule has 1 unspecified atom stereocenters. The number of nitriles is 1. The number of aromatic nitrogens is 1. The molecule has 1 amide bonds. The Morgan fingerprint density at radius 2 is 2.50 bits per heavy atom. The highest BCUT2D eigenvalue weighted by molar-refractivity contribution is 5.75. The molecule has 1 aromatic heterocycles. The van der Waals surface area contributed by atoms with Gasteiger partial charge in [0, 0.05) is 24.5 Å². The van der Waals surface area contributed by atoms with Crippen LogP contribution in [-0.2, 0) is 11.3 Å². The van der Waals surface area contributed by atoms with Crippen LogP contribution in [0.3, 0.4) is 0 Å². The standard InChI is InChI=1S/C11H16N4O/c1-9(13)10-4-2-7-15(10)8-11(16)14-6-3-5-12/h2,4,7,9H,3,6,8,13H2,1H3,(H,14,16). The molecule has 0 fully saturated rings. The zero-order valence-electron chi connectivity index (χ0n) is 9.31. The number of carbonyl (C=O) groups excluding carboxylic acids is 1. The summed E-state index contributed by atoms with van der Waals surface area (Å²) < 4.78 is 1.81. The van der Waals surface area contributed by atoms with Gasteiger partial charge in [-0.1, -0.05) is 0 Å². The van der Waals surface area contributed by atoms with Gasteiger partial charge in [0.05, 0.1) is 12.5 Å². The Bertz CT molecular complexity index is 389. The molecule has 0 saturated heterocycles.